The van der Waals surface area contributed by atoms with Crippen LogP contribution in [0, 0.1) is 11.7 Å². The molecule has 1 aromatic rings. The number of benzene rings is 1. The van der Waals surface area contributed by atoms with Gasteiger partial charge in [0.25, 0.3) is 5.91 Å². The molecule has 0 spiro atoms. The lowest BCUT2D eigenvalue weighted by molar-refractivity contribution is 0.0782. The van der Waals surface area contributed by atoms with Crippen LogP contribution >= 0.6 is 0 Å². The molecule has 104 valence electrons. The van der Waals surface area contributed by atoms with E-state index in [1.165, 1.54) is 19.2 Å². The number of rotatable bonds is 4. The summed E-state index contributed by atoms with van der Waals surface area (Å²) in [6.45, 7) is 3.63. The van der Waals surface area contributed by atoms with Crippen LogP contribution in [0.5, 0.6) is 5.75 Å². The first kappa shape index (κ1) is 13.8. The van der Waals surface area contributed by atoms with Crippen molar-refractivity contribution >= 4 is 5.91 Å². The van der Waals surface area contributed by atoms with Crippen molar-refractivity contribution in [2.45, 2.75) is 26.2 Å². The van der Waals surface area contributed by atoms with Crippen molar-refractivity contribution in [2.24, 2.45) is 5.92 Å². The van der Waals surface area contributed by atoms with E-state index < -0.39 is 5.82 Å². The van der Waals surface area contributed by atoms with Crippen LogP contribution in [0.3, 0.4) is 0 Å². The van der Waals surface area contributed by atoms with Gasteiger partial charge in [0.05, 0.1) is 12.7 Å². The summed E-state index contributed by atoms with van der Waals surface area (Å²) >= 11 is 0. The molecule has 3 nitrogen and oxygen atoms in total. The molecule has 0 radical (unpaired) electrons. The molecule has 4 heteroatoms. The van der Waals surface area contributed by atoms with E-state index in [9.17, 15) is 9.18 Å². The molecule has 1 unspecified atom stereocenters. The third-order valence-electron chi connectivity index (χ3n) is 3.68. The maximum Gasteiger partial charge on any atom is 0.256 e. The van der Waals surface area contributed by atoms with Gasteiger partial charge in [-0.1, -0.05) is 13.3 Å². The predicted molar refractivity (Wildman–Crippen MR) is 71.9 cm³/mol. The van der Waals surface area contributed by atoms with Crippen molar-refractivity contribution in [1.29, 1.82) is 0 Å². The molecular weight excluding hydrogens is 245 g/mol. The molecule has 0 aliphatic carbocycles. The van der Waals surface area contributed by atoms with Crippen LogP contribution in [0.15, 0.2) is 18.2 Å². The summed E-state index contributed by atoms with van der Waals surface area (Å²) in [5, 5.41) is 0. The number of nitrogens with zero attached hydrogens (tertiary/aromatic N) is 1. The van der Waals surface area contributed by atoms with Crippen LogP contribution in [-0.2, 0) is 0 Å². The molecular formula is C15H20FNO2. The van der Waals surface area contributed by atoms with E-state index in [-0.39, 0.29) is 11.5 Å². The first-order valence-electron chi connectivity index (χ1n) is 6.78. The average Bonchev–Trinajstić information content (AvgIpc) is 2.87. The van der Waals surface area contributed by atoms with E-state index in [2.05, 4.69) is 6.92 Å². The monoisotopic (exact) mass is 265 g/mol. The molecule has 0 saturated carbocycles. The van der Waals surface area contributed by atoms with E-state index in [1.54, 1.807) is 11.0 Å². The summed E-state index contributed by atoms with van der Waals surface area (Å²) < 4.78 is 18.8. The highest BCUT2D eigenvalue weighted by atomic mass is 19.1. The van der Waals surface area contributed by atoms with Gasteiger partial charge in [-0.3, -0.25) is 4.79 Å². The van der Waals surface area contributed by atoms with Crippen molar-refractivity contribution < 1.29 is 13.9 Å². The van der Waals surface area contributed by atoms with E-state index >= 15 is 0 Å². The summed E-state index contributed by atoms with van der Waals surface area (Å²) in [6.07, 6.45) is 3.29. The highest BCUT2D eigenvalue weighted by Crippen LogP contribution is 2.24. The normalized spacial score (nSPS) is 18.7. The number of hydrogen-bond donors (Lipinski definition) is 0. The second-order valence-corrected chi connectivity index (χ2v) is 5.04. The van der Waals surface area contributed by atoms with Gasteiger partial charge in [-0.05, 0) is 30.9 Å². The SMILES string of the molecule is CCCC1CCN(C(=O)c2ccc(OC)cc2F)C1. The molecule has 0 N–H and O–H groups in total. The molecule has 19 heavy (non-hydrogen) atoms. The Morgan fingerprint density at radius 1 is 1.53 bits per heavy atom. The Hall–Kier alpha value is -1.58. The lowest BCUT2D eigenvalue weighted by Gasteiger charge is -2.17. The van der Waals surface area contributed by atoms with Crippen molar-refractivity contribution in [2.75, 3.05) is 20.2 Å². The van der Waals surface area contributed by atoms with Gasteiger partial charge in [-0.15, -0.1) is 0 Å². The number of amides is 1. The van der Waals surface area contributed by atoms with Gasteiger partial charge in [0.2, 0.25) is 0 Å². The van der Waals surface area contributed by atoms with Gasteiger partial charge >= 0.3 is 0 Å². The number of likely N-dealkylation sites (tertiary alicyclic amines) is 1. The second kappa shape index (κ2) is 6.04. The molecule has 1 aliphatic rings. The number of ether oxygens (including phenoxy) is 1. The summed E-state index contributed by atoms with van der Waals surface area (Å²) in [5.74, 6) is 0.275. The molecule has 1 aromatic carbocycles. The standard InChI is InChI=1S/C15H20FNO2/c1-3-4-11-7-8-17(10-11)15(18)13-6-5-12(19-2)9-14(13)16/h5-6,9,11H,3-4,7-8,10H2,1-2H3. The van der Waals surface area contributed by atoms with Crippen LogP contribution in [-0.4, -0.2) is 31.0 Å². The van der Waals surface area contributed by atoms with Gasteiger partial charge in [0.15, 0.2) is 0 Å². The van der Waals surface area contributed by atoms with Gasteiger partial charge in [0.1, 0.15) is 11.6 Å². The van der Waals surface area contributed by atoms with Crippen LogP contribution < -0.4 is 4.74 Å². The first-order chi connectivity index (χ1) is 9.15. The zero-order chi connectivity index (χ0) is 13.8. The van der Waals surface area contributed by atoms with Crippen molar-refractivity contribution in [3.63, 3.8) is 0 Å². The van der Waals surface area contributed by atoms with Crippen molar-refractivity contribution in [1.82, 2.24) is 4.90 Å². The van der Waals surface area contributed by atoms with E-state index in [1.807, 2.05) is 0 Å². The highest BCUT2D eigenvalue weighted by molar-refractivity contribution is 5.94. The van der Waals surface area contributed by atoms with Crippen LogP contribution in [0.2, 0.25) is 0 Å². The average molecular weight is 265 g/mol. The summed E-state index contributed by atoms with van der Waals surface area (Å²) in [4.78, 5) is 14.0. The minimum absolute atomic E-state index is 0.137. The fourth-order valence-corrected chi connectivity index (χ4v) is 2.63. The van der Waals surface area contributed by atoms with Gasteiger partial charge in [-0.2, -0.15) is 0 Å². The van der Waals surface area contributed by atoms with Crippen molar-refractivity contribution in [3.05, 3.63) is 29.6 Å². The molecule has 0 aromatic heterocycles. The Morgan fingerprint density at radius 3 is 2.95 bits per heavy atom. The van der Waals surface area contributed by atoms with Gasteiger partial charge < -0.3 is 9.64 Å². The molecule has 0 bridgehead atoms. The zero-order valence-electron chi connectivity index (χ0n) is 11.5. The number of hydrogen-bond acceptors (Lipinski definition) is 2. The molecule has 1 atom stereocenters. The first-order valence-corrected chi connectivity index (χ1v) is 6.78. The highest BCUT2D eigenvalue weighted by Gasteiger charge is 2.27. The maximum atomic E-state index is 13.9. The third-order valence-corrected chi connectivity index (χ3v) is 3.68. The third kappa shape index (κ3) is 3.06. The Labute approximate surface area is 113 Å². The Balaban J connectivity index is 2.08. The molecule has 1 aliphatic heterocycles. The zero-order valence-corrected chi connectivity index (χ0v) is 11.5. The van der Waals surface area contributed by atoms with Gasteiger partial charge in [0, 0.05) is 19.2 Å². The lowest BCUT2D eigenvalue weighted by Crippen LogP contribution is -2.29. The minimum Gasteiger partial charge on any atom is -0.497 e. The Bertz CT molecular complexity index is 461. The van der Waals surface area contributed by atoms with Crippen molar-refractivity contribution in [3.8, 4) is 5.75 Å². The molecule has 1 heterocycles. The van der Waals surface area contributed by atoms with Crippen LogP contribution in [0.25, 0.3) is 0 Å². The number of carbonyl (C=O) groups excluding carboxylic acids is 1. The largest absolute Gasteiger partial charge is 0.497 e. The van der Waals surface area contributed by atoms with E-state index in [0.717, 1.165) is 32.4 Å². The number of carbonyl (C=O) groups is 1. The topological polar surface area (TPSA) is 29.5 Å². The fraction of sp³-hybridized carbons (Fsp3) is 0.533. The van der Waals surface area contributed by atoms with Crippen LogP contribution in [0.4, 0.5) is 4.39 Å². The summed E-state index contributed by atoms with van der Waals surface area (Å²) in [6, 6.07) is 4.38. The number of methoxy groups -OCH3 is 1. The Morgan fingerprint density at radius 2 is 2.32 bits per heavy atom. The lowest BCUT2D eigenvalue weighted by atomic mass is 10.0. The van der Waals surface area contributed by atoms with Gasteiger partial charge in [-0.25, -0.2) is 4.39 Å². The van der Waals surface area contributed by atoms with E-state index in [4.69, 9.17) is 4.74 Å². The Kier molecular flexibility index (Phi) is 4.40. The van der Waals surface area contributed by atoms with Crippen LogP contribution in [0.1, 0.15) is 36.5 Å². The molecule has 1 amide bonds. The molecule has 2 rings (SSSR count). The second-order valence-electron chi connectivity index (χ2n) is 5.04. The summed E-state index contributed by atoms with van der Waals surface area (Å²) in [5.41, 5.74) is 0.137. The van der Waals surface area contributed by atoms with E-state index in [0.29, 0.717) is 11.7 Å². The maximum absolute atomic E-state index is 13.9. The smallest absolute Gasteiger partial charge is 0.256 e. The molecule has 1 saturated heterocycles. The predicted octanol–water partition coefficient (Wildman–Crippen LogP) is 3.10. The quantitative estimate of drug-likeness (QED) is 0.837. The fourth-order valence-electron chi connectivity index (χ4n) is 2.63. The summed E-state index contributed by atoms with van der Waals surface area (Å²) in [7, 11) is 1.48. The minimum atomic E-state index is -0.511. The number of halogens is 1. The molecule has 1 fully saturated rings.